The van der Waals surface area contributed by atoms with E-state index in [9.17, 15) is 0 Å². The van der Waals surface area contributed by atoms with Crippen molar-refractivity contribution in [2.24, 2.45) is 12.8 Å². The van der Waals surface area contributed by atoms with E-state index in [-0.39, 0.29) is 11.6 Å². The predicted molar refractivity (Wildman–Crippen MR) is 74.3 cm³/mol. The molecule has 102 valence electrons. The Kier molecular flexibility index (Phi) is 4.07. The van der Waals surface area contributed by atoms with Gasteiger partial charge >= 0.3 is 0 Å². The van der Waals surface area contributed by atoms with E-state index in [1.165, 1.54) is 25.7 Å². The zero-order chi connectivity index (χ0) is 13.2. The van der Waals surface area contributed by atoms with Gasteiger partial charge in [-0.25, -0.2) is 4.98 Å². The topological polar surface area (TPSA) is 47.1 Å². The SMILES string of the molecule is CCN(CC)C1(C(N)c2nccn2C)CCCC1. The molecule has 1 aliphatic carbocycles. The molecule has 0 radical (unpaired) electrons. The molecule has 4 heteroatoms. The maximum Gasteiger partial charge on any atom is 0.127 e. The number of rotatable bonds is 5. The van der Waals surface area contributed by atoms with Gasteiger partial charge in [0.15, 0.2) is 0 Å². The van der Waals surface area contributed by atoms with E-state index in [4.69, 9.17) is 5.73 Å². The number of hydrogen-bond acceptors (Lipinski definition) is 3. The normalized spacial score (nSPS) is 20.5. The van der Waals surface area contributed by atoms with Gasteiger partial charge in [-0.1, -0.05) is 26.7 Å². The molecule has 1 aromatic heterocycles. The highest BCUT2D eigenvalue weighted by Gasteiger charge is 2.45. The molecule has 0 amide bonds. The Hall–Kier alpha value is -0.870. The molecular weight excluding hydrogens is 224 g/mol. The van der Waals surface area contributed by atoms with E-state index in [1.54, 1.807) is 0 Å². The van der Waals surface area contributed by atoms with Crippen LogP contribution in [-0.2, 0) is 7.05 Å². The molecule has 0 aromatic carbocycles. The molecule has 0 bridgehead atoms. The monoisotopic (exact) mass is 250 g/mol. The summed E-state index contributed by atoms with van der Waals surface area (Å²) in [5.74, 6) is 1.02. The van der Waals surface area contributed by atoms with Crippen molar-refractivity contribution in [2.45, 2.75) is 51.1 Å². The maximum atomic E-state index is 6.61. The fourth-order valence-electron chi connectivity index (χ4n) is 3.58. The highest BCUT2D eigenvalue weighted by Crippen LogP contribution is 2.42. The number of hydrogen-bond donors (Lipinski definition) is 1. The van der Waals surface area contributed by atoms with Crippen LogP contribution in [0.5, 0.6) is 0 Å². The molecule has 1 unspecified atom stereocenters. The van der Waals surface area contributed by atoms with Gasteiger partial charge in [-0.2, -0.15) is 0 Å². The van der Waals surface area contributed by atoms with Gasteiger partial charge < -0.3 is 10.3 Å². The number of imidazole rings is 1. The molecule has 0 spiro atoms. The van der Waals surface area contributed by atoms with Gasteiger partial charge in [-0.05, 0) is 25.9 Å². The second-order valence-corrected chi connectivity index (χ2v) is 5.36. The molecule has 1 atom stereocenters. The number of nitrogens with zero attached hydrogens (tertiary/aromatic N) is 3. The van der Waals surface area contributed by atoms with Crippen LogP contribution < -0.4 is 5.73 Å². The lowest BCUT2D eigenvalue weighted by atomic mass is 9.85. The van der Waals surface area contributed by atoms with Crippen molar-refractivity contribution in [3.05, 3.63) is 18.2 Å². The number of aromatic nitrogens is 2. The third-order valence-corrected chi connectivity index (χ3v) is 4.58. The van der Waals surface area contributed by atoms with Crippen LogP contribution in [0.3, 0.4) is 0 Å². The van der Waals surface area contributed by atoms with Crippen molar-refractivity contribution < 1.29 is 0 Å². The Labute approximate surface area is 110 Å². The Morgan fingerprint density at radius 2 is 2.00 bits per heavy atom. The van der Waals surface area contributed by atoms with Crippen LogP contribution in [0.25, 0.3) is 0 Å². The molecule has 2 N–H and O–H groups in total. The predicted octanol–water partition coefficient (Wildman–Crippen LogP) is 2.07. The second-order valence-electron chi connectivity index (χ2n) is 5.36. The summed E-state index contributed by atoms with van der Waals surface area (Å²) in [5, 5.41) is 0. The maximum absolute atomic E-state index is 6.61. The quantitative estimate of drug-likeness (QED) is 0.870. The lowest BCUT2D eigenvalue weighted by molar-refractivity contribution is 0.0732. The molecule has 4 nitrogen and oxygen atoms in total. The van der Waals surface area contributed by atoms with Gasteiger partial charge in [0.2, 0.25) is 0 Å². The van der Waals surface area contributed by atoms with Gasteiger partial charge in [0, 0.05) is 25.0 Å². The second kappa shape index (κ2) is 5.41. The molecule has 18 heavy (non-hydrogen) atoms. The highest BCUT2D eigenvalue weighted by atomic mass is 15.2. The van der Waals surface area contributed by atoms with Gasteiger partial charge in [0.1, 0.15) is 5.82 Å². The Morgan fingerprint density at radius 3 is 2.44 bits per heavy atom. The largest absolute Gasteiger partial charge is 0.337 e. The van der Waals surface area contributed by atoms with E-state index in [0.29, 0.717) is 0 Å². The summed E-state index contributed by atoms with van der Waals surface area (Å²) in [5.41, 5.74) is 6.72. The smallest absolute Gasteiger partial charge is 0.127 e. The van der Waals surface area contributed by atoms with Gasteiger partial charge in [0.05, 0.1) is 6.04 Å². The van der Waals surface area contributed by atoms with Crippen molar-refractivity contribution in [2.75, 3.05) is 13.1 Å². The number of likely N-dealkylation sites (N-methyl/N-ethyl adjacent to an activating group) is 1. The van der Waals surface area contributed by atoms with Crippen molar-refractivity contribution in [1.82, 2.24) is 14.5 Å². The summed E-state index contributed by atoms with van der Waals surface area (Å²) in [4.78, 5) is 7.01. The van der Waals surface area contributed by atoms with Crippen LogP contribution in [0, 0.1) is 0 Å². The number of aryl methyl sites for hydroxylation is 1. The van der Waals surface area contributed by atoms with Crippen molar-refractivity contribution in [3.63, 3.8) is 0 Å². The summed E-state index contributed by atoms with van der Waals surface area (Å²) in [6, 6.07) is 0.0138. The van der Waals surface area contributed by atoms with Gasteiger partial charge in [-0.3, -0.25) is 4.90 Å². The van der Waals surface area contributed by atoms with E-state index < -0.39 is 0 Å². The lowest BCUT2D eigenvalue weighted by Gasteiger charge is -2.44. The zero-order valence-electron chi connectivity index (χ0n) is 11.9. The third kappa shape index (κ3) is 2.08. The molecule has 1 aromatic rings. The summed E-state index contributed by atoms with van der Waals surface area (Å²) in [6.45, 7) is 6.59. The minimum atomic E-state index is 0.0138. The van der Waals surface area contributed by atoms with Crippen LogP contribution >= 0.6 is 0 Å². The molecule has 0 saturated heterocycles. The average Bonchev–Trinajstić information content (AvgIpc) is 3.00. The van der Waals surface area contributed by atoms with E-state index in [2.05, 4.69) is 28.3 Å². The van der Waals surface area contributed by atoms with Crippen molar-refractivity contribution >= 4 is 0 Å². The average molecular weight is 250 g/mol. The Balaban J connectivity index is 2.33. The van der Waals surface area contributed by atoms with Crippen LogP contribution in [0.15, 0.2) is 12.4 Å². The van der Waals surface area contributed by atoms with Crippen molar-refractivity contribution in [3.8, 4) is 0 Å². The number of nitrogens with two attached hydrogens (primary N) is 1. The van der Waals surface area contributed by atoms with Crippen molar-refractivity contribution in [1.29, 1.82) is 0 Å². The fourth-order valence-corrected chi connectivity index (χ4v) is 3.58. The highest BCUT2D eigenvalue weighted by molar-refractivity contribution is 5.11. The summed E-state index contributed by atoms with van der Waals surface area (Å²) in [6.07, 6.45) is 8.80. The lowest BCUT2D eigenvalue weighted by Crippen LogP contribution is -2.54. The third-order valence-electron chi connectivity index (χ3n) is 4.58. The van der Waals surface area contributed by atoms with Crippen LogP contribution in [0.4, 0.5) is 0 Å². The van der Waals surface area contributed by atoms with E-state index in [0.717, 1.165) is 18.9 Å². The Bertz CT molecular complexity index is 375. The van der Waals surface area contributed by atoms with Crippen LogP contribution in [0.2, 0.25) is 0 Å². The zero-order valence-corrected chi connectivity index (χ0v) is 11.9. The minimum absolute atomic E-state index is 0.0138. The van der Waals surface area contributed by atoms with E-state index >= 15 is 0 Å². The van der Waals surface area contributed by atoms with Crippen LogP contribution in [-0.4, -0.2) is 33.1 Å². The Morgan fingerprint density at radius 1 is 1.39 bits per heavy atom. The van der Waals surface area contributed by atoms with Crippen LogP contribution in [0.1, 0.15) is 51.4 Å². The summed E-state index contributed by atoms with van der Waals surface area (Å²) < 4.78 is 2.06. The van der Waals surface area contributed by atoms with E-state index in [1.807, 2.05) is 19.4 Å². The first-order valence-electron chi connectivity index (χ1n) is 7.13. The molecule has 2 rings (SSSR count). The standard InChI is InChI=1S/C14H26N4/c1-4-18(5-2)14(8-6-7-9-14)12(15)13-16-10-11-17(13)3/h10-12H,4-9,15H2,1-3H3. The molecule has 0 aliphatic heterocycles. The minimum Gasteiger partial charge on any atom is -0.337 e. The summed E-state index contributed by atoms with van der Waals surface area (Å²) >= 11 is 0. The first-order valence-corrected chi connectivity index (χ1v) is 7.13. The molecule has 1 saturated carbocycles. The molecular formula is C14H26N4. The summed E-state index contributed by atoms with van der Waals surface area (Å²) in [7, 11) is 2.03. The molecule has 1 aliphatic rings. The fraction of sp³-hybridized carbons (Fsp3) is 0.786. The molecule has 1 heterocycles. The first-order chi connectivity index (χ1) is 8.65. The van der Waals surface area contributed by atoms with Gasteiger partial charge in [-0.15, -0.1) is 0 Å². The van der Waals surface area contributed by atoms with Gasteiger partial charge in [0.25, 0.3) is 0 Å². The molecule has 1 fully saturated rings. The first kappa shape index (κ1) is 13.6.